The van der Waals surface area contributed by atoms with E-state index in [1.807, 2.05) is 30.3 Å². The van der Waals surface area contributed by atoms with Crippen molar-refractivity contribution in [2.24, 2.45) is 0 Å². The fraction of sp³-hybridized carbons (Fsp3) is 0.571. The standard InChI is InChI=1S/C23H28N2O6.C12H23N/c1-23(2,3)31-22(30)25-18(13-15-7-5-4-6-8-15)20(27)24-19(21(28)29)14-16-9-11-17(26)12-10-16;1-3-7-11(8-4-1)13-12-9-5-2-6-10-12/h4-12,18-19,26H,13-14H2,1-3H3,(H,24,27)(H,25,30)(H,28,29);11-13H,1-10H2/t18-,19-;/m0./s1. The summed E-state index contributed by atoms with van der Waals surface area (Å²) >= 11 is 0. The molecule has 9 heteroatoms. The Morgan fingerprint density at radius 2 is 1.25 bits per heavy atom. The van der Waals surface area contributed by atoms with Crippen LogP contribution in [0.1, 0.15) is 96.1 Å². The van der Waals surface area contributed by atoms with Crippen molar-refractivity contribution < 1.29 is 29.3 Å². The Bertz CT molecular complexity index is 1140. The van der Waals surface area contributed by atoms with Gasteiger partial charge in [0.2, 0.25) is 5.91 Å². The summed E-state index contributed by atoms with van der Waals surface area (Å²) in [6.07, 6.45) is 14.0. The molecule has 4 rings (SSSR count). The first-order valence-electron chi connectivity index (χ1n) is 16.1. The first kappa shape index (κ1) is 34.9. The van der Waals surface area contributed by atoms with Gasteiger partial charge in [-0.15, -0.1) is 0 Å². The van der Waals surface area contributed by atoms with Crippen molar-refractivity contribution in [2.45, 2.75) is 128 Å². The highest BCUT2D eigenvalue weighted by Crippen LogP contribution is 2.22. The molecule has 2 saturated carbocycles. The van der Waals surface area contributed by atoms with Crippen LogP contribution in [0.3, 0.4) is 0 Å². The van der Waals surface area contributed by atoms with Crippen LogP contribution in [0.5, 0.6) is 5.75 Å². The number of carboxylic acid groups (broad SMARTS) is 1. The molecular formula is C35H51N3O6. The smallest absolute Gasteiger partial charge is 0.408 e. The quantitative estimate of drug-likeness (QED) is 0.227. The maximum atomic E-state index is 12.9. The molecule has 2 atom stereocenters. The van der Waals surface area contributed by atoms with Gasteiger partial charge >= 0.3 is 12.1 Å². The Morgan fingerprint density at radius 3 is 1.75 bits per heavy atom. The van der Waals surface area contributed by atoms with Gasteiger partial charge < -0.3 is 30.9 Å². The number of ether oxygens (including phenoxy) is 1. The maximum Gasteiger partial charge on any atom is 0.408 e. The van der Waals surface area contributed by atoms with E-state index in [0.717, 1.165) is 17.6 Å². The van der Waals surface area contributed by atoms with Gasteiger partial charge in [-0.2, -0.15) is 0 Å². The molecule has 5 N–H and O–H groups in total. The highest BCUT2D eigenvalue weighted by atomic mass is 16.6. The largest absolute Gasteiger partial charge is 0.508 e. The lowest BCUT2D eigenvalue weighted by molar-refractivity contribution is -0.142. The molecule has 0 aromatic heterocycles. The van der Waals surface area contributed by atoms with Gasteiger partial charge in [-0.05, 0) is 69.7 Å². The molecule has 0 spiro atoms. The first-order chi connectivity index (χ1) is 21.0. The van der Waals surface area contributed by atoms with Crippen LogP contribution in [0.25, 0.3) is 0 Å². The molecule has 2 aromatic carbocycles. The number of aliphatic carboxylic acids is 1. The van der Waals surface area contributed by atoms with E-state index in [0.29, 0.717) is 5.56 Å². The van der Waals surface area contributed by atoms with E-state index in [1.54, 1.807) is 32.9 Å². The number of hydrogen-bond donors (Lipinski definition) is 5. The van der Waals surface area contributed by atoms with Crippen LogP contribution in [-0.4, -0.2) is 58.0 Å². The Kier molecular flexibility index (Phi) is 14.0. The van der Waals surface area contributed by atoms with E-state index in [1.165, 1.54) is 76.3 Å². The van der Waals surface area contributed by atoms with Crippen molar-refractivity contribution in [2.75, 3.05) is 0 Å². The lowest BCUT2D eigenvalue weighted by Crippen LogP contribution is -2.53. The fourth-order valence-corrected chi connectivity index (χ4v) is 5.72. The van der Waals surface area contributed by atoms with E-state index in [2.05, 4.69) is 16.0 Å². The highest BCUT2D eigenvalue weighted by molar-refractivity contribution is 5.89. The summed E-state index contributed by atoms with van der Waals surface area (Å²) in [6.45, 7) is 5.12. The molecule has 0 radical (unpaired) electrons. The zero-order chi connectivity index (χ0) is 32.0. The number of carbonyl (C=O) groups excluding carboxylic acids is 2. The van der Waals surface area contributed by atoms with Crippen molar-refractivity contribution in [3.63, 3.8) is 0 Å². The summed E-state index contributed by atoms with van der Waals surface area (Å²) < 4.78 is 5.25. The fourth-order valence-electron chi connectivity index (χ4n) is 5.72. The molecule has 44 heavy (non-hydrogen) atoms. The Labute approximate surface area is 262 Å². The number of benzene rings is 2. The van der Waals surface area contributed by atoms with Gasteiger partial charge in [-0.25, -0.2) is 9.59 Å². The van der Waals surface area contributed by atoms with E-state index >= 15 is 0 Å². The second kappa shape index (κ2) is 17.6. The Morgan fingerprint density at radius 1 is 0.750 bits per heavy atom. The van der Waals surface area contributed by atoms with Gasteiger partial charge in [-0.3, -0.25) is 4.79 Å². The molecule has 2 aliphatic rings. The van der Waals surface area contributed by atoms with Crippen molar-refractivity contribution >= 4 is 18.0 Å². The van der Waals surface area contributed by atoms with Crippen LogP contribution in [0.2, 0.25) is 0 Å². The molecular weight excluding hydrogens is 558 g/mol. The molecule has 0 saturated heterocycles. The van der Waals surface area contributed by atoms with Crippen molar-refractivity contribution in [3.8, 4) is 5.75 Å². The third-order valence-electron chi connectivity index (χ3n) is 7.96. The zero-order valence-electron chi connectivity index (χ0n) is 26.5. The summed E-state index contributed by atoms with van der Waals surface area (Å²) in [4.78, 5) is 36.9. The normalized spacial score (nSPS) is 17.3. The number of amides is 2. The molecule has 0 bridgehead atoms. The molecule has 2 aromatic rings. The summed E-state index contributed by atoms with van der Waals surface area (Å²) in [6, 6.07) is 14.6. The summed E-state index contributed by atoms with van der Waals surface area (Å²) in [5, 5.41) is 27.8. The minimum atomic E-state index is -1.21. The number of carboxylic acids is 1. The van der Waals surface area contributed by atoms with Crippen LogP contribution in [0.4, 0.5) is 4.79 Å². The van der Waals surface area contributed by atoms with E-state index < -0.39 is 35.7 Å². The van der Waals surface area contributed by atoms with E-state index in [9.17, 15) is 24.6 Å². The van der Waals surface area contributed by atoms with Crippen molar-refractivity contribution in [1.82, 2.24) is 16.0 Å². The number of phenols is 1. The van der Waals surface area contributed by atoms with Crippen LogP contribution >= 0.6 is 0 Å². The molecule has 2 fully saturated rings. The monoisotopic (exact) mass is 609 g/mol. The van der Waals surface area contributed by atoms with Gasteiger partial charge in [0.1, 0.15) is 23.4 Å². The van der Waals surface area contributed by atoms with Crippen molar-refractivity contribution in [1.29, 1.82) is 0 Å². The molecule has 0 unspecified atom stereocenters. The third kappa shape index (κ3) is 13.4. The van der Waals surface area contributed by atoms with Crippen molar-refractivity contribution in [3.05, 3.63) is 65.7 Å². The van der Waals surface area contributed by atoms with Gasteiger partial charge in [0.25, 0.3) is 0 Å². The molecule has 0 heterocycles. The minimum absolute atomic E-state index is 0.0197. The van der Waals surface area contributed by atoms with Crippen LogP contribution in [0.15, 0.2) is 54.6 Å². The molecule has 242 valence electrons. The second-order valence-corrected chi connectivity index (χ2v) is 13.0. The number of phenolic OH excluding ortho intramolecular Hbond substituents is 1. The number of nitrogens with one attached hydrogen (secondary N) is 3. The topological polar surface area (TPSA) is 137 Å². The second-order valence-electron chi connectivity index (χ2n) is 13.0. The van der Waals surface area contributed by atoms with Crippen LogP contribution in [-0.2, 0) is 27.2 Å². The minimum Gasteiger partial charge on any atom is -0.508 e. The first-order valence-corrected chi connectivity index (χ1v) is 16.1. The third-order valence-corrected chi connectivity index (χ3v) is 7.96. The van der Waals surface area contributed by atoms with Gasteiger partial charge in [-0.1, -0.05) is 81.0 Å². The maximum absolute atomic E-state index is 12.9. The van der Waals surface area contributed by atoms with Crippen LogP contribution in [0, 0.1) is 0 Å². The van der Waals surface area contributed by atoms with E-state index in [4.69, 9.17) is 4.74 Å². The SMILES string of the molecule is C1CCC(NC2CCCCC2)CC1.CC(C)(C)OC(=O)N[C@@H](Cc1ccccc1)C(=O)N[C@@H](Cc1ccc(O)cc1)C(=O)O. The molecule has 0 aliphatic heterocycles. The van der Waals surface area contributed by atoms with Gasteiger partial charge in [0, 0.05) is 24.9 Å². The average Bonchev–Trinajstić information content (AvgIpc) is 2.98. The molecule has 2 amide bonds. The molecule has 2 aliphatic carbocycles. The van der Waals surface area contributed by atoms with Gasteiger partial charge in [0.15, 0.2) is 0 Å². The van der Waals surface area contributed by atoms with Gasteiger partial charge in [0.05, 0.1) is 0 Å². The zero-order valence-corrected chi connectivity index (χ0v) is 26.5. The molecule has 9 nitrogen and oxygen atoms in total. The predicted octanol–water partition coefficient (Wildman–Crippen LogP) is 5.88. The number of hydrogen-bond acceptors (Lipinski definition) is 6. The summed E-state index contributed by atoms with van der Waals surface area (Å²) in [5.41, 5.74) is 0.676. The average molecular weight is 610 g/mol. The number of carbonyl (C=O) groups is 3. The Hall–Kier alpha value is -3.59. The predicted molar refractivity (Wildman–Crippen MR) is 172 cm³/mol. The Balaban J connectivity index is 0.000000335. The van der Waals surface area contributed by atoms with Crippen LogP contribution < -0.4 is 16.0 Å². The number of rotatable bonds is 10. The lowest BCUT2D eigenvalue weighted by Gasteiger charge is -2.30. The lowest BCUT2D eigenvalue weighted by atomic mass is 9.91. The van der Waals surface area contributed by atoms with E-state index in [-0.39, 0.29) is 18.6 Å². The highest BCUT2D eigenvalue weighted by Gasteiger charge is 2.29. The number of alkyl carbamates (subject to hydrolysis) is 1. The summed E-state index contributed by atoms with van der Waals surface area (Å²) in [7, 11) is 0. The summed E-state index contributed by atoms with van der Waals surface area (Å²) in [5.74, 6) is -1.79. The number of aromatic hydroxyl groups is 1.